The third-order valence-electron chi connectivity index (χ3n) is 3.66. The Labute approximate surface area is 142 Å². The fourth-order valence-electron chi connectivity index (χ4n) is 2.56. The first-order valence-electron chi connectivity index (χ1n) is 6.50. The Bertz CT molecular complexity index is 675. The van der Waals surface area contributed by atoms with E-state index in [9.17, 15) is 0 Å². The number of fused-ring (bicyclic) bond motifs is 1. The third kappa shape index (κ3) is 2.75. The third-order valence-corrected chi connectivity index (χ3v) is 5.41. The Hall–Kier alpha value is -0.900. The molecule has 0 aliphatic carbocycles. The van der Waals surface area contributed by atoms with E-state index >= 15 is 0 Å². The van der Waals surface area contributed by atoms with E-state index in [0.717, 1.165) is 11.3 Å². The summed E-state index contributed by atoms with van der Waals surface area (Å²) in [5, 5.41) is 1.18. The lowest BCUT2D eigenvalue weighted by molar-refractivity contribution is 0.329. The van der Waals surface area contributed by atoms with Gasteiger partial charge in [0.15, 0.2) is 0 Å². The number of halogens is 3. The average Bonchev–Trinajstić information content (AvgIpc) is 2.92. The first-order valence-corrected chi connectivity index (χ1v) is 8.17. The predicted molar refractivity (Wildman–Crippen MR) is 89.4 cm³/mol. The average molecular weight is 388 g/mol. The Morgan fingerprint density at radius 3 is 2.76 bits per heavy atom. The van der Waals surface area contributed by atoms with E-state index in [-0.39, 0.29) is 10.7 Å². The molecule has 2 unspecified atom stereocenters. The maximum absolute atomic E-state index is 6.37. The zero-order valence-electron chi connectivity index (χ0n) is 11.3. The van der Waals surface area contributed by atoms with Crippen molar-refractivity contribution in [2.24, 2.45) is 0 Å². The van der Waals surface area contributed by atoms with Gasteiger partial charge in [-0.25, -0.2) is 0 Å². The molecule has 21 heavy (non-hydrogen) atoms. The van der Waals surface area contributed by atoms with Crippen molar-refractivity contribution in [2.75, 3.05) is 13.7 Å². The van der Waals surface area contributed by atoms with Gasteiger partial charge in [-0.3, -0.25) is 0 Å². The van der Waals surface area contributed by atoms with E-state index in [1.165, 1.54) is 5.56 Å². The van der Waals surface area contributed by atoms with Crippen LogP contribution in [-0.2, 0) is 0 Å². The highest BCUT2D eigenvalue weighted by molar-refractivity contribution is 9.09. The predicted octanol–water partition coefficient (Wildman–Crippen LogP) is 5.61. The van der Waals surface area contributed by atoms with Gasteiger partial charge in [-0.2, -0.15) is 0 Å². The molecule has 5 heteroatoms. The molecule has 3 rings (SSSR count). The second-order valence-corrected chi connectivity index (χ2v) is 6.67. The minimum atomic E-state index is 0.0251. The van der Waals surface area contributed by atoms with Crippen molar-refractivity contribution in [3.63, 3.8) is 0 Å². The van der Waals surface area contributed by atoms with Gasteiger partial charge in [0.2, 0.25) is 0 Å². The molecule has 1 heterocycles. The van der Waals surface area contributed by atoms with Crippen LogP contribution in [0.4, 0.5) is 0 Å². The van der Waals surface area contributed by atoms with Gasteiger partial charge in [0, 0.05) is 22.6 Å². The molecule has 0 N–H and O–H groups in total. The summed E-state index contributed by atoms with van der Waals surface area (Å²) >= 11 is 16.3. The van der Waals surface area contributed by atoms with Crippen LogP contribution < -0.4 is 9.47 Å². The van der Waals surface area contributed by atoms with Gasteiger partial charge in [-0.15, -0.1) is 0 Å². The van der Waals surface area contributed by atoms with Gasteiger partial charge < -0.3 is 9.47 Å². The van der Waals surface area contributed by atoms with Crippen molar-refractivity contribution < 1.29 is 9.47 Å². The SMILES string of the molecule is COc1cc(Cl)c(C(Br)C2COc3ccccc32)cc1Cl. The lowest BCUT2D eigenvalue weighted by atomic mass is 9.93. The highest BCUT2D eigenvalue weighted by Crippen LogP contribution is 2.48. The summed E-state index contributed by atoms with van der Waals surface area (Å²) in [5.74, 6) is 1.71. The second-order valence-electron chi connectivity index (χ2n) is 4.87. The number of rotatable bonds is 3. The van der Waals surface area contributed by atoms with Gasteiger partial charge in [0.1, 0.15) is 11.5 Å². The molecule has 0 spiro atoms. The molecule has 0 radical (unpaired) electrons. The van der Waals surface area contributed by atoms with E-state index in [0.29, 0.717) is 22.4 Å². The van der Waals surface area contributed by atoms with Gasteiger partial charge in [0.25, 0.3) is 0 Å². The van der Waals surface area contributed by atoms with Gasteiger partial charge in [-0.1, -0.05) is 57.3 Å². The number of benzene rings is 2. The number of methoxy groups -OCH3 is 1. The van der Waals surface area contributed by atoms with E-state index < -0.39 is 0 Å². The molecule has 2 atom stereocenters. The van der Waals surface area contributed by atoms with Crippen LogP contribution in [0.15, 0.2) is 36.4 Å². The molecule has 0 saturated heterocycles. The summed E-state index contributed by atoms with van der Waals surface area (Å²) in [4.78, 5) is 0.0251. The van der Waals surface area contributed by atoms with E-state index in [1.54, 1.807) is 13.2 Å². The Kier molecular flexibility index (Phi) is 4.34. The minimum Gasteiger partial charge on any atom is -0.495 e. The van der Waals surface area contributed by atoms with Crippen molar-refractivity contribution >= 4 is 39.1 Å². The molecule has 0 aromatic heterocycles. The van der Waals surface area contributed by atoms with Crippen LogP contribution in [0, 0.1) is 0 Å². The maximum Gasteiger partial charge on any atom is 0.138 e. The first-order chi connectivity index (χ1) is 10.1. The van der Waals surface area contributed by atoms with Crippen LogP contribution in [0.25, 0.3) is 0 Å². The largest absolute Gasteiger partial charge is 0.495 e. The smallest absolute Gasteiger partial charge is 0.138 e. The molecule has 1 aliphatic rings. The van der Waals surface area contributed by atoms with Crippen LogP contribution >= 0.6 is 39.1 Å². The number of para-hydroxylation sites is 1. The molecular weight excluding hydrogens is 375 g/mol. The van der Waals surface area contributed by atoms with Crippen LogP contribution in [0.2, 0.25) is 10.0 Å². The Morgan fingerprint density at radius 1 is 1.24 bits per heavy atom. The molecule has 1 aliphatic heterocycles. The number of ether oxygens (including phenoxy) is 2. The lowest BCUT2D eigenvalue weighted by Gasteiger charge is -2.19. The lowest BCUT2D eigenvalue weighted by Crippen LogP contribution is -2.08. The van der Waals surface area contributed by atoms with Gasteiger partial charge in [0.05, 0.1) is 23.6 Å². The summed E-state index contributed by atoms with van der Waals surface area (Å²) in [6, 6.07) is 11.7. The van der Waals surface area contributed by atoms with Crippen molar-refractivity contribution in [3.05, 3.63) is 57.6 Å². The molecule has 0 amide bonds. The van der Waals surface area contributed by atoms with Crippen molar-refractivity contribution in [1.82, 2.24) is 0 Å². The van der Waals surface area contributed by atoms with E-state index in [4.69, 9.17) is 32.7 Å². The Balaban J connectivity index is 1.97. The van der Waals surface area contributed by atoms with Gasteiger partial charge >= 0.3 is 0 Å². The number of hydrogen-bond acceptors (Lipinski definition) is 2. The monoisotopic (exact) mass is 386 g/mol. The summed E-state index contributed by atoms with van der Waals surface area (Å²) in [7, 11) is 1.57. The maximum atomic E-state index is 6.37. The minimum absolute atomic E-state index is 0.0251. The molecule has 2 aromatic carbocycles. The molecule has 0 bridgehead atoms. The van der Waals surface area contributed by atoms with Crippen LogP contribution in [0.5, 0.6) is 11.5 Å². The standard InChI is InChI=1S/C16H13BrCl2O2/c1-20-15-7-12(18)10(6-13(15)19)16(17)11-8-21-14-5-3-2-4-9(11)14/h2-7,11,16H,8H2,1H3. The fraction of sp³-hybridized carbons (Fsp3) is 0.250. The molecule has 110 valence electrons. The fourth-order valence-corrected chi connectivity index (χ4v) is 4.03. The molecule has 2 nitrogen and oxygen atoms in total. The molecule has 2 aromatic rings. The summed E-state index contributed by atoms with van der Waals surface area (Å²) in [6.45, 7) is 0.620. The topological polar surface area (TPSA) is 18.5 Å². The number of hydrogen-bond donors (Lipinski definition) is 0. The molecule has 0 fully saturated rings. The van der Waals surface area contributed by atoms with Crippen LogP contribution in [-0.4, -0.2) is 13.7 Å². The zero-order chi connectivity index (χ0) is 15.0. The normalized spacial score (nSPS) is 18.0. The van der Waals surface area contributed by atoms with Crippen molar-refractivity contribution in [3.8, 4) is 11.5 Å². The van der Waals surface area contributed by atoms with Crippen LogP contribution in [0.3, 0.4) is 0 Å². The molecular formula is C16H13BrCl2O2. The van der Waals surface area contributed by atoms with Crippen molar-refractivity contribution in [1.29, 1.82) is 0 Å². The van der Waals surface area contributed by atoms with Crippen molar-refractivity contribution in [2.45, 2.75) is 10.7 Å². The zero-order valence-corrected chi connectivity index (χ0v) is 14.4. The molecule has 0 saturated carbocycles. The highest BCUT2D eigenvalue weighted by atomic mass is 79.9. The van der Waals surface area contributed by atoms with E-state index in [1.807, 2.05) is 24.3 Å². The Morgan fingerprint density at radius 2 is 2.00 bits per heavy atom. The highest BCUT2D eigenvalue weighted by Gasteiger charge is 2.32. The first kappa shape index (κ1) is 15.0. The second kappa shape index (κ2) is 6.07. The van der Waals surface area contributed by atoms with Gasteiger partial charge in [-0.05, 0) is 17.7 Å². The summed E-state index contributed by atoms with van der Waals surface area (Å²) in [5.41, 5.74) is 2.12. The van der Waals surface area contributed by atoms with E-state index in [2.05, 4.69) is 22.0 Å². The number of alkyl halides is 1. The summed E-state index contributed by atoms with van der Waals surface area (Å²) < 4.78 is 10.9. The summed E-state index contributed by atoms with van der Waals surface area (Å²) in [6.07, 6.45) is 0. The van der Waals surface area contributed by atoms with Crippen LogP contribution in [0.1, 0.15) is 21.9 Å². The quantitative estimate of drug-likeness (QED) is 0.636.